The van der Waals surface area contributed by atoms with Crippen LogP contribution in [0.25, 0.3) is 10.8 Å². The number of anilines is 1. The molecule has 0 saturated heterocycles. The van der Waals surface area contributed by atoms with Gasteiger partial charge in [-0.25, -0.2) is 5.43 Å². The minimum atomic E-state index is -0.284. The third kappa shape index (κ3) is 2.79. The number of fused-ring (bicyclic) bond motifs is 1. The summed E-state index contributed by atoms with van der Waals surface area (Å²) in [5.41, 5.74) is 3.67. The number of aromatic amines is 1. The summed E-state index contributed by atoms with van der Waals surface area (Å²) in [5.74, 6) is 0.210. The van der Waals surface area contributed by atoms with Crippen LogP contribution in [-0.2, 0) is 0 Å². The van der Waals surface area contributed by atoms with Crippen molar-refractivity contribution < 1.29 is 0 Å². The Hall–Kier alpha value is -3.02. The molecule has 104 valence electrons. The predicted octanol–water partition coefficient (Wildman–Crippen LogP) is 2.07. The fourth-order valence-electron chi connectivity index (χ4n) is 1.97. The highest BCUT2D eigenvalue weighted by atomic mass is 16.1. The van der Waals surface area contributed by atoms with Crippen molar-refractivity contribution in [3.05, 3.63) is 64.1 Å². The zero-order chi connectivity index (χ0) is 14.7. The molecule has 0 aliphatic carbocycles. The molecule has 6 heteroatoms. The highest BCUT2D eigenvalue weighted by Gasteiger charge is 1.99. The Bertz CT molecular complexity index is 864. The Morgan fingerprint density at radius 3 is 2.81 bits per heavy atom. The van der Waals surface area contributed by atoms with Crippen LogP contribution in [0.3, 0.4) is 0 Å². The van der Waals surface area contributed by atoms with Gasteiger partial charge in [0.1, 0.15) is 5.69 Å². The first kappa shape index (κ1) is 13.0. The third-order valence-electron chi connectivity index (χ3n) is 3.06. The normalized spacial score (nSPS) is 11.1. The molecule has 3 aromatic rings. The number of H-pyrrole nitrogens is 1. The predicted molar refractivity (Wildman–Crippen MR) is 82.6 cm³/mol. The Kier molecular flexibility index (Phi) is 3.42. The molecular formula is C15H13N5O. The molecule has 0 amide bonds. The average molecular weight is 279 g/mol. The third-order valence-corrected chi connectivity index (χ3v) is 3.06. The zero-order valence-electron chi connectivity index (χ0n) is 11.4. The number of nitrogens with one attached hydrogen (secondary N) is 2. The van der Waals surface area contributed by atoms with E-state index in [0.717, 1.165) is 16.3 Å². The number of hydrazone groups is 1. The molecule has 0 unspecified atom stereocenters. The Labute approximate surface area is 120 Å². The van der Waals surface area contributed by atoms with Crippen molar-refractivity contribution in [2.75, 3.05) is 5.43 Å². The molecule has 2 aromatic carbocycles. The molecule has 21 heavy (non-hydrogen) atoms. The maximum Gasteiger partial charge on any atom is 0.274 e. The Morgan fingerprint density at radius 1 is 1.14 bits per heavy atom. The lowest BCUT2D eigenvalue weighted by atomic mass is 10.1. The van der Waals surface area contributed by atoms with Gasteiger partial charge in [-0.3, -0.25) is 9.78 Å². The quantitative estimate of drug-likeness (QED) is 0.568. The van der Waals surface area contributed by atoms with Gasteiger partial charge in [0.15, 0.2) is 0 Å². The standard InChI is InChI=1S/C15H13N5O/c1-10-14(21)17-15(20-18-10)19-16-9-12-7-4-6-11-5-2-3-8-13(11)12/h2-9H,1H3,(H2,17,19,20,21). The van der Waals surface area contributed by atoms with Gasteiger partial charge in [-0.1, -0.05) is 42.5 Å². The largest absolute Gasteiger partial charge is 0.288 e. The van der Waals surface area contributed by atoms with E-state index in [-0.39, 0.29) is 11.5 Å². The lowest BCUT2D eigenvalue weighted by Crippen LogP contribution is -2.15. The van der Waals surface area contributed by atoms with Gasteiger partial charge in [-0.15, -0.1) is 10.2 Å². The summed E-state index contributed by atoms with van der Waals surface area (Å²) in [6, 6.07) is 14.0. The Morgan fingerprint density at radius 2 is 1.95 bits per heavy atom. The average Bonchev–Trinajstić information content (AvgIpc) is 2.51. The van der Waals surface area contributed by atoms with Crippen molar-refractivity contribution >= 4 is 22.9 Å². The number of aryl methyl sites for hydroxylation is 1. The molecule has 0 aliphatic rings. The number of aromatic nitrogens is 3. The lowest BCUT2D eigenvalue weighted by molar-refractivity contribution is 0.897. The SMILES string of the molecule is Cc1nnc(NN=Cc2cccc3ccccc23)[nH]c1=O. The Balaban J connectivity index is 1.85. The lowest BCUT2D eigenvalue weighted by Gasteiger charge is -2.01. The molecule has 2 N–H and O–H groups in total. The second-order valence-electron chi connectivity index (χ2n) is 4.53. The van der Waals surface area contributed by atoms with E-state index in [9.17, 15) is 4.79 Å². The number of hydrogen-bond acceptors (Lipinski definition) is 5. The van der Waals surface area contributed by atoms with Gasteiger partial charge in [0.2, 0.25) is 5.95 Å². The molecule has 0 atom stereocenters. The molecule has 0 fully saturated rings. The van der Waals surface area contributed by atoms with E-state index in [0.29, 0.717) is 5.69 Å². The van der Waals surface area contributed by atoms with E-state index >= 15 is 0 Å². The van der Waals surface area contributed by atoms with E-state index in [4.69, 9.17) is 0 Å². The second-order valence-corrected chi connectivity index (χ2v) is 4.53. The van der Waals surface area contributed by atoms with Crippen molar-refractivity contribution in [1.82, 2.24) is 15.2 Å². The van der Waals surface area contributed by atoms with Crippen molar-refractivity contribution in [3.8, 4) is 0 Å². The minimum Gasteiger partial charge on any atom is -0.288 e. The van der Waals surface area contributed by atoms with Crippen LogP contribution in [0.1, 0.15) is 11.3 Å². The molecule has 0 spiro atoms. The smallest absolute Gasteiger partial charge is 0.274 e. The van der Waals surface area contributed by atoms with Gasteiger partial charge < -0.3 is 0 Å². The maximum atomic E-state index is 11.4. The number of hydrogen-bond donors (Lipinski definition) is 2. The number of rotatable bonds is 3. The molecule has 6 nitrogen and oxygen atoms in total. The van der Waals surface area contributed by atoms with E-state index in [1.165, 1.54) is 0 Å². The van der Waals surface area contributed by atoms with Gasteiger partial charge in [-0.05, 0) is 17.7 Å². The molecule has 3 rings (SSSR count). The molecule has 0 radical (unpaired) electrons. The summed E-state index contributed by atoms with van der Waals surface area (Å²) in [6.45, 7) is 1.59. The van der Waals surface area contributed by atoms with Crippen LogP contribution in [-0.4, -0.2) is 21.4 Å². The van der Waals surface area contributed by atoms with E-state index in [1.807, 2.05) is 42.5 Å². The van der Waals surface area contributed by atoms with Gasteiger partial charge in [0, 0.05) is 5.56 Å². The maximum absolute atomic E-state index is 11.4. The first-order chi connectivity index (χ1) is 10.2. The van der Waals surface area contributed by atoms with Gasteiger partial charge >= 0.3 is 0 Å². The molecule has 1 aromatic heterocycles. The fourth-order valence-corrected chi connectivity index (χ4v) is 1.97. The van der Waals surface area contributed by atoms with Crippen LogP contribution in [0.15, 0.2) is 52.4 Å². The summed E-state index contributed by atoms with van der Waals surface area (Å²) < 4.78 is 0. The van der Waals surface area contributed by atoms with E-state index in [2.05, 4.69) is 25.7 Å². The van der Waals surface area contributed by atoms with Crippen molar-refractivity contribution in [2.24, 2.45) is 5.10 Å². The monoisotopic (exact) mass is 279 g/mol. The van der Waals surface area contributed by atoms with Crippen LogP contribution in [0.4, 0.5) is 5.95 Å². The summed E-state index contributed by atoms with van der Waals surface area (Å²) in [7, 11) is 0. The van der Waals surface area contributed by atoms with Gasteiger partial charge in [0.25, 0.3) is 5.56 Å². The van der Waals surface area contributed by atoms with E-state index in [1.54, 1.807) is 13.1 Å². The summed E-state index contributed by atoms with van der Waals surface area (Å²) in [6.07, 6.45) is 1.68. The van der Waals surface area contributed by atoms with Gasteiger partial charge in [0.05, 0.1) is 6.21 Å². The van der Waals surface area contributed by atoms with Crippen molar-refractivity contribution in [2.45, 2.75) is 6.92 Å². The molecular weight excluding hydrogens is 266 g/mol. The fraction of sp³-hybridized carbons (Fsp3) is 0.0667. The highest BCUT2D eigenvalue weighted by molar-refractivity contribution is 5.99. The van der Waals surface area contributed by atoms with Crippen LogP contribution in [0, 0.1) is 6.92 Å². The zero-order valence-corrected chi connectivity index (χ0v) is 11.4. The topological polar surface area (TPSA) is 83.0 Å². The minimum absolute atomic E-state index is 0.210. The molecule has 0 saturated carbocycles. The van der Waals surface area contributed by atoms with Crippen LogP contribution in [0.5, 0.6) is 0 Å². The van der Waals surface area contributed by atoms with Gasteiger partial charge in [-0.2, -0.15) is 5.10 Å². The van der Waals surface area contributed by atoms with Crippen LogP contribution >= 0.6 is 0 Å². The number of benzene rings is 2. The molecule has 0 aliphatic heterocycles. The summed E-state index contributed by atoms with van der Waals surface area (Å²) >= 11 is 0. The molecule has 0 bridgehead atoms. The first-order valence-corrected chi connectivity index (χ1v) is 6.44. The van der Waals surface area contributed by atoms with Crippen LogP contribution < -0.4 is 11.0 Å². The van der Waals surface area contributed by atoms with Crippen molar-refractivity contribution in [3.63, 3.8) is 0 Å². The van der Waals surface area contributed by atoms with Crippen molar-refractivity contribution in [1.29, 1.82) is 0 Å². The first-order valence-electron chi connectivity index (χ1n) is 6.44. The number of nitrogens with zero attached hydrogens (tertiary/aromatic N) is 3. The summed E-state index contributed by atoms with van der Waals surface area (Å²) in [5, 5.41) is 13.9. The summed E-state index contributed by atoms with van der Waals surface area (Å²) in [4.78, 5) is 13.9. The molecule has 1 heterocycles. The second kappa shape index (κ2) is 5.54. The highest BCUT2D eigenvalue weighted by Crippen LogP contribution is 2.16. The van der Waals surface area contributed by atoms with Crippen LogP contribution in [0.2, 0.25) is 0 Å². The van der Waals surface area contributed by atoms with E-state index < -0.39 is 0 Å².